The molecule has 0 fully saturated rings. The van der Waals surface area contributed by atoms with Gasteiger partial charge in [0.2, 0.25) is 0 Å². The van der Waals surface area contributed by atoms with Crippen LogP contribution in [0.4, 0.5) is 10.1 Å². The second-order valence-corrected chi connectivity index (χ2v) is 3.83. The Kier molecular flexibility index (Phi) is 5.47. The number of nitrogens with zero attached hydrogens (tertiary/aromatic N) is 1. The lowest BCUT2D eigenvalue weighted by atomic mass is 10.2. The first-order valence-electron chi connectivity index (χ1n) is 5.68. The van der Waals surface area contributed by atoms with E-state index in [0.29, 0.717) is 11.3 Å². The zero-order chi connectivity index (χ0) is 14.3. The van der Waals surface area contributed by atoms with Crippen molar-refractivity contribution in [2.45, 2.75) is 6.92 Å². The van der Waals surface area contributed by atoms with Crippen LogP contribution in [0.25, 0.3) is 0 Å². The Morgan fingerprint density at radius 2 is 2.11 bits per heavy atom. The third-order valence-corrected chi connectivity index (χ3v) is 2.34. The molecule has 0 aliphatic heterocycles. The number of nitrogens with one attached hydrogen (secondary N) is 1. The van der Waals surface area contributed by atoms with Crippen LogP contribution in [0.3, 0.4) is 0 Å². The first-order valence-corrected chi connectivity index (χ1v) is 5.68. The van der Waals surface area contributed by atoms with Crippen molar-refractivity contribution in [3.8, 4) is 0 Å². The van der Waals surface area contributed by atoms with Gasteiger partial charge in [-0.15, -0.1) is 0 Å². The van der Waals surface area contributed by atoms with Gasteiger partial charge in [0.1, 0.15) is 5.82 Å². The van der Waals surface area contributed by atoms with Gasteiger partial charge in [-0.25, -0.2) is 4.39 Å². The number of aryl methyl sites for hydroxylation is 1. The van der Waals surface area contributed by atoms with Gasteiger partial charge < -0.3 is 11.1 Å². The number of amides is 1. The summed E-state index contributed by atoms with van der Waals surface area (Å²) >= 11 is 0. The van der Waals surface area contributed by atoms with E-state index in [-0.39, 0.29) is 5.82 Å². The number of hydrogen-bond donors (Lipinski definition) is 2. The molecule has 0 spiro atoms. The molecule has 100 valence electrons. The molecule has 1 aromatic heterocycles. The Morgan fingerprint density at radius 1 is 1.37 bits per heavy atom. The van der Waals surface area contributed by atoms with Crippen molar-refractivity contribution in [3.05, 3.63) is 59.7 Å². The lowest BCUT2D eigenvalue weighted by molar-refractivity contribution is 0.100. The van der Waals surface area contributed by atoms with Crippen molar-refractivity contribution in [1.82, 2.24) is 4.98 Å². The van der Waals surface area contributed by atoms with Gasteiger partial charge in [-0.05, 0) is 30.7 Å². The fourth-order valence-corrected chi connectivity index (χ4v) is 1.41. The Bertz CT molecular complexity index is 541. The van der Waals surface area contributed by atoms with E-state index >= 15 is 0 Å². The van der Waals surface area contributed by atoms with E-state index in [1.807, 2.05) is 13.0 Å². The van der Waals surface area contributed by atoms with Crippen LogP contribution in [-0.4, -0.2) is 17.9 Å². The first kappa shape index (κ1) is 14.6. The van der Waals surface area contributed by atoms with Crippen LogP contribution in [0.15, 0.2) is 42.7 Å². The Morgan fingerprint density at radius 3 is 2.53 bits per heavy atom. The molecule has 1 aromatic carbocycles. The van der Waals surface area contributed by atoms with E-state index in [0.717, 1.165) is 5.56 Å². The van der Waals surface area contributed by atoms with Crippen molar-refractivity contribution < 1.29 is 9.18 Å². The van der Waals surface area contributed by atoms with Gasteiger partial charge in [0.05, 0.1) is 17.4 Å². The number of anilines is 1. The smallest absolute Gasteiger partial charge is 0.250 e. The first-order chi connectivity index (χ1) is 9.04. The minimum Gasteiger partial charge on any atom is -0.386 e. The fourth-order valence-electron chi connectivity index (χ4n) is 1.41. The zero-order valence-electron chi connectivity index (χ0n) is 10.9. The third-order valence-electron chi connectivity index (χ3n) is 2.34. The highest BCUT2D eigenvalue weighted by Crippen LogP contribution is 2.10. The fraction of sp³-hybridized carbons (Fsp3) is 0.143. The van der Waals surface area contributed by atoms with Crippen LogP contribution in [0.5, 0.6) is 0 Å². The maximum Gasteiger partial charge on any atom is 0.250 e. The van der Waals surface area contributed by atoms with Crippen LogP contribution >= 0.6 is 0 Å². The van der Waals surface area contributed by atoms with Crippen LogP contribution < -0.4 is 11.1 Å². The average Bonchev–Trinajstić information content (AvgIpc) is 2.39. The predicted octanol–water partition coefficient (Wildman–Crippen LogP) is 2.36. The molecule has 0 unspecified atom stereocenters. The van der Waals surface area contributed by atoms with Crippen molar-refractivity contribution in [1.29, 1.82) is 0 Å². The molecule has 2 rings (SSSR count). The Labute approximate surface area is 111 Å². The van der Waals surface area contributed by atoms with Crippen molar-refractivity contribution in [2.75, 3.05) is 12.4 Å². The van der Waals surface area contributed by atoms with E-state index in [1.54, 1.807) is 25.4 Å². The summed E-state index contributed by atoms with van der Waals surface area (Å²) in [6, 6.07) is 8.08. The number of halogens is 1. The van der Waals surface area contributed by atoms with Gasteiger partial charge in [-0.2, -0.15) is 0 Å². The number of carbonyl (C=O) groups is 1. The number of primary amides is 1. The molecular formula is C14H16FN3O. The summed E-state index contributed by atoms with van der Waals surface area (Å²) in [6.07, 6.45) is 3.08. The molecule has 0 aliphatic carbocycles. The summed E-state index contributed by atoms with van der Waals surface area (Å²) < 4.78 is 12.2. The molecule has 0 saturated heterocycles. The molecule has 19 heavy (non-hydrogen) atoms. The van der Waals surface area contributed by atoms with E-state index in [2.05, 4.69) is 10.3 Å². The summed E-state index contributed by atoms with van der Waals surface area (Å²) in [5, 5.41) is 2.81. The number of benzene rings is 1. The molecule has 1 amide bonds. The van der Waals surface area contributed by atoms with Gasteiger partial charge in [0, 0.05) is 13.2 Å². The monoisotopic (exact) mass is 261 g/mol. The number of aromatic nitrogens is 1. The van der Waals surface area contributed by atoms with Crippen molar-refractivity contribution >= 4 is 11.6 Å². The van der Waals surface area contributed by atoms with Crippen LogP contribution in [0, 0.1) is 12.7 Å². The number of rotatable bonds is 2. The average molecular weight is 261 g/mol. The molecular weight excluding hydrogens is 245 g/mol. The maximum absolute atomic E-state index is 12.2. The van der Waals surface area contributed by atoms with Gasteiger partial charge in [0.15, 0.2) is 0 Å². The summed E-state index contributed by atoms with van der Waals surface area (Å²) in [5.41, 5.74) is 7.16. The number of nitrogens with two attached hydrogens (primary N) is 1. The van der Waals surface area contributed by atoms with Gasteiger partial charge in [-0.3, -0.25) is 9.78 Å². The van der Waals surface area contributed by atoms with Crippen LogP contribution in [-0.2, 0) is 0 Å². The number of pyridine rings is 1. The van der Waals surface area contributed by atoms with Gasteiger partial charge in [-0.1, -0.05) is 12.1 Å². The molecule has 0 aliphatic rings. The lowest BCUT2D eigenvalue weighted by Crippen LogP contribution is -2.13. The summed E-state index contributed by atoms with van der Waals surface area (Å²) in [7, 11) is 1.71. The topological polar surface area (TPSA) is 68.0 Å². The van der Waals surface area contributed by atoms with Crippen molar-refractivity contribution in [3.63, 3.8) is 0 Å². The van der Waals surface area contributed by atoms with Crippen LogP contribution in [0.2, 0.25) is 0 Å². The Balaban J connectivity index is 0.000000200. The SMILES string of the molecule is CNc1cnccc1C(N)=O.Cc1cccc(F)c1. The van der Waals surface area contributed by atoms with Gasteiger partial charge in [0.25, 0.3) is 5.91 Å². The summed E-state index contributed by atoms with van der Waals surface area (Å²) in [4.78, 5) is 14.6. The van der Waals surface area contributed by atoms with E-state index < -0.39 is 5.91 Å². The van der Waals surface area contributed by atoms with Crippen molar-refractivity contribution in [2.24, 2.45) is 5.73 Å². The molecule has 2 aromatic rings. The largest absolute Gasteiger partial charge is 0.386 e. The molecule has 3 N–H and O–H groups in total. The molecule has 4 nitrogen and oxygen atoms in total. The highest BCUT2D eigenvalue weighted by Gasteiger charge is 2.04. The molecule has 0 bridgehead atoms. The van der Waals surface area contributed by atoms with E-state index in [4.69, 9.17) is 5.73 Å². The summed E-state index contributed by atoms with van der Waals surface area (Å²) in [6.45, 7) is 1.86. The maximum atomic E-state index is 12.2. The molecule has 0 atom stereocenters. The number of carbonyl (C=O) groups excluding carboxylic acids is 1. The normalized spacial score (nSPS) is 9.21. The zero-order valence-corrected chi connectivity index (χ0v) is 10.9. The van der Waals surface area contributed by atoms with Gasteiger partial charge >= 0.3 is 0 Å². The number of hydrogen-bond acceptors (Lipinski definition) is 3. The second-order valence-electron chi connectivity index (χ2n) is 3.83. The third kappa shape index (κ3) is 4.75. The molecule has 1 heterocycles. The highest BCUT2D eigenvalue weighted by molar-refractivity contribution is 5.98. The molecule has 5 heteroatoms. The van der Waals surface area contributed by atoms with E-state index in [1.165, 1.54) is 18.3 Å². The minimum absolute atomic E-state index is 0.162. The highest BCUT2D eigenvalue weighted by atomic mass is 19.1. The minimum atomic E-state index is -0.447. The molecule has 0 radical (unpaired) electrons. The Hall–Kier alpha value is -2.43. The van der Waals surface area contributed by atoms with Crippen LogP contribution in [0.1, 0.15) is 15.9 Å². The molecule has 0 saturated carbocycles. The summed E-state index contributed by atoms with van der Waals surface area (Å²) in [5.74, 6) is -0.609. The second kappa shape index (κ2) is 7.10. The lowest BCUT2D eigenvalue weighted by Gasteiger charge is -2.02. The van der Waals surface area contributed by atoms with E-state index in [9.17, 15) is 9.18 Å². The standard InChI is InChI=1S/C7H7F.C7H9N3O/c1-6-3-2-4-7(8)5-6;1-9-6-4-10-3-2-5(6)7(8)11/h2-5H,1H3;2-4,9H,1H3,(H2,8,11). The predicted molar refractivity (Wildman–Crippen MR) is 73.4 cm³/mol. The quantitative estimate of drug-likeness (QED) is 0.872.